The number of hydrogen-bond donors (Lipinski definition) is 0. The van der Waals surface area contributed by atoms with E-state index in [1.807, 2.05) is 55.6 Å². The Labute approximate surface area is 184 Å². The fourth-order valence-corrected chi connectivity index (χ4v) is 3.30. The summed E-state index contributed by atoms with van der Waals surface area (Å²) in [6.45, 7) is 6.61. The number of carbonyl (C=O) groups excluding carboxylic acids is 1. The van der Waals surface area contributed by atoms with E-state index in [-0.39, 0.29) is 12.6 Å². The molecule has 0 saturated carbocycles. The van der Waals surface area contributed by atoms with Crippen molar-refractivity contribution in [3.8, 4) is 11.4 Å². The minimum absolute atomic E-state index is 0.163. The van der Waals surface area contributed by atoms with Crippen molar-refractivity contribution in [1.29, 1.82) is 0 Å². The molecule has 0 aliphatic carbocycles. The van der Waals surface area contributed by atoms with Crippen LogP contribution in [-0.2, 0) is 28.8 Å². The standard InChI is InChI=1S/C25H31N3O3/c1-18(2)5-9-22-16-28(27-26-22)23-10-7-20(8-11-23)13-24(29)14-21-15-25(31-17-30-4)12-6-19(21)3/h6-8,10-12,15-16,18H,5,9,13-14,17H2,1-4H3. The zero-order valence-corrected chi connectivity index (χ0v) is 18.8. The highest BCUT2D eigenvalue weighted by atomic mass is 16.7. The molecule has 3 rings (SSSR count). The number of nitrogens with zero attached hydrogens (tertiary/aromatic N) is 3. The monoisotopic (exact) mass is 421 g/mol. The van der Waals surface area contributed by atoms with Crippen LogP contribution in [0.15, 0.2) is 48.7 Å². The van der Waals surface area contributed by atoms with Gasteiger partial charge in [-0.3, -0.25) is 4.79 Å². The van der Waals surface area contributed by atoms with Gasteiger partial charge in [0.15, 0.2) is 6.79 Å². The molecule has 3 aromatic rings. The van der Waals surface area contributed by atoms with Crippen molar-refractivity contribution in [2.75, 3.05) is 13.9 Å². The van der Waals surface area contributed by atoms with Crippen LogP contribution in [-0.4, -0.2) is 34.7 Å². The van der Waals surface area contributed by atoms with Crippen LogP contribution in [0.1, 0.15) is 42.7 Å². The van der Waals surface area contributed by atoms with Crippen LogP contribution in [0.25, 0.3) is 5.69 Å². The second kappa shape index (κ2) is 10.9. The van der Waals surface area contributed by atoms with Crippen LogP contribution in [0.4, 0.5) is 0 Å². The molecule has 1 aromatic heterocycles. The number of aryl methyl sites for hydroxylation is 2. The molecule has 6 nitrogen and oxygen atoms in total. The summed E-state index contributed by atoms with van der Waals surface area (Å²) in [5.74, 6) is 1.52. The van der Waals surface area contributed by atoms with Gasteiger partial charge in [0.05, 0.1) is 17.6 Å². The minimum atomic E-state index is 0.163. The number of carbonyl (C=O) groups is 1. The highest BCUT2D eigenvalue weighted by Gasteiger charge is 2.10. The maximum atomic E-state index is 12.7. The summed E-state index contributed by atoms with van der Waals surface area (Å²) in [6.07, 6.45) is 4.77. The van der Waals surface area contributed by atoms with Crippen LogP contribution in [0.5, 0.6) is 5.75 Å². The minimum Gasteiger partial charge on any atom is -0.468 e. The fourth-order valence-electron chi connectivity index (χ4n) is 3.30. The molecular weight excluding hydrogens is 390 g/mol. The number of methoxy groups -OCH3 is 1. The normalized spacial score (nSPS) is 11.1. The molecule has 0 aliphatic heterocycles. The van der Waals surface area contributed by atoms with Crippen molar-refractivity contribution in [2.45, 2.75) is 46.5 Å². The lowest BCUT2D eigenvalue weighted by Gasteiger charge is -2.10. The van der Waals surface area contributed by atoms with Gasteiger partial charge in [0, 0.05) is 20.0 Å². The van der Waals surface area contributed by atoms with Crippen molar-refractivity contribution in [2.24, 2.45) is 5.92 Å². The van der Waals surface area contributed by atoms with Crippen molar-refractivity contribution in [3.05, 3.63) is 71.0 Å². The molecule has 0 saturated heterocycles. The molecule has 0 N–H and O–H groups in total. The molecule has 0 aliphatic rings. The van der Waals surface area contributed by atoms with Crippen LogP contribution in [0, 0.1) is 12.8 Å². The van der Waals surface area contributed by atoms with Gasteiger partial charge in [-0.05, 0) is 66.6 Å². The van der Waals surface area contributed by atoms with Gasteiger partial charge >= 0.3 is 0 Å². The second-order valence-corrected chi connectivity index (χ2v) is 8.28. The van der Waals surface area contributed by atoms with Crippen molar-refractivity contribution in [3.63, 3.8) is 0 Å². The summed E-state index contributed by atoms with van der Waals surface area (Å²) >= 11 is 0. The quantitative estimate of drug-likeness (QED) is 0.427. The third kappa shape index (κ3) is 6.76. The molecule has 0 unspecified atom stereocenters. The Hall–Kier alpha value is -2.99. The summed E-state index contributed by atoms with van der Waals surface area (Å²) in [7, 11) is 1.58. The van der Waals surface area contributed by atoms with Crippen molar-refractivity contribution >= 4 is 5.78 Å². The molecule has 0 spiro atoms. The Morgan fingerprint density at radius 1 is 1.10 bits per heavy atom. The molecule has 0 amide bonds. The van der Waals surface area contributed by atoms with Gasteiger partial charge in [0.1, 0.15) is 11.5 Å². The first-order valence-electron chi connectivity index (χ1n) is 10.7. The van der Waals surface area contributed by atoms with E-state index in [2.05, 4.69) is 24.2 Å². The SMILES string of the molecule is COCOc1ccc(C)c(CC(=O)Cc2ccc(-n3cc(CCC(C)C)nn3)cc2)c1. The van der Waals surface area contributed by atoms with Crippen molar-refractivity contribution < 1.29 is 14.3 Å². The van der Waals surface area contributed by atoms with E-state index in [1.54, 1.807) is 11.8 Å². The number of hydrogen-bond acceptors (Lipinski definition) is 5. The van der Waals surface area contributed by atoms with Crippen LogP contribution in [0.2, 0.25) is 0 Å². The molecule has 0 bridgehead atoms. The molecule has 164 valence electrons. The molecule has 0 atom stereocenters. The van der Waals surface area contributed by atoms with Gasteiger partial charge in [-0.25, -0.2) is 4.68 Å². The largest absolute Gasteiger partial charge is 0.468 e. The van der Waals surface area contributed by atoms with E-state index < -0.39 is 0 Å². The highest BCUT2D eigenvalue weighted by molar-refractivity contribution is 5.83. The number of Topliss-reactive ketones (excluding diaryl/α,β-unsaturated/α-hetero) is 1. The number of ether oxygens (including phenoxy) is 2. The summed E-state index contributed by atoms with van der Waals surface area (Å²) in [6, 6.07) is 13.7. The first-order valence-corrected chi connectivity index (χ1v) is 10.7. The van der Waals surface area contributed by atoms with E-state index in [0.717, 1.165) is 40.9 Å². The van der Waals surface area contributed by atoms with Crippen LogP contribution < -0.4 is 4.74 Å². The first kappa shape index (κ1) is 22.7. The van der Waals surface area contributed by atoms with Gasteiger partial charge in [-0.2, -0.15) is 0 Å². The average molecular weight is 422 g/mol. The van der Waals surface area contributed by atoms with E-state index in [0.29, 0.717) is 24.5 Å². The molecule has 6 heteroatoms. The molecule has 31 heavy (non-hydrogen) atoms. The molecule has 2 aromatic carbocycles. The van der Waals surface area contributed by atoms with Gasteiger partial charge in [-0.1, -0.05) is 37.3 Å². The lowest BCUT2D eigenvalue weighted by atomic mass is 9.99. The van der Waals surface area contributed by atoms with Gasteiger partial charge < -0.3 is 9.47 Å². The first-order chi connectivity index (χ1) is 14.9. The van der Waals surface area contributed by atoms with Gasteiger partial charge in [-0.15, -0.1) is 5.10 Å². The topological polar surface area (TPSA) is 66.2 Å². The second-order valence-electron chi connectivity index (χ2n) is 8.28. The molecule has 0 radical (unpaired) electrons. The Balaban J connectivity index is 1.59. The van der Waals surface area contributed by atoms with E-state index >= 15 is 0 Å². The summed E-state index contributed by atoms with van der Waals surface area (Å²) < 4.78 is 12.2. The maximum Gasteiger partial charge on any atom is 0.188 e. The lowest BCUT2D eigenvalue weighted by Crippen LogP contribution is -2.08. The highest BCUT2D eigenvalue weighted by Crippen LogP contribution is 2.19. The predicted octanol–water partition coefficient (Wildman–Crippen LogP) is 4.50. The Bertz CT molecular complexity index is 994. The van der Waals surface area contributed by atoms with Gasteiger partial charge in [0.25, 0.3) is 0 Å². The van der Waals surface area contributed by atoms with Crippen molar-refractivity contribution in [1.82, 2.24) is 15.0 Å². The Morgan fingerprint density at radius 2 is 1.87 bits per heavy atom. The zero-order valence-electron chi connectivity index (χ0n) is 18.8. The average Bonchev–Trinajstić information content (AvgIpc) is 3.22. The third-order valence-corrected chi connectivity index (χ3v) is 5.17. The smallest absolute Gasteiger partial charge is 0.188 e. The fraction of sp³-hybridized carbons (Fsp3) is 0.400. The summed E-state index contributed by atoms with van der Waals surface area (Å²) in [5, 5.41) is 8.49. The number of benzene rings is 2. The molecule has 0 fully saturated rings. The summed E-state index contributed by atoms with van der Waals surface area (Å²) in [5.41, 5.74) is 4.98. The van der Waals surface area contributed by atoms with E-state index in [4.69, 9.17) is 9.47 Å². The third-order valence-electron chi connectivity index (χ3n) is 5.17. The Morgan fingerprint density at radius 3 is 2.58 bits per heavy atom. The molecular formula is C25H31N3O3. The predicted molar refractivity (Wildman–Crippen MR) is 121 cm³/mol. The Kier molecular flexibility index (Phi) is 7.95. The molecule has 1 heterocycles. The lowest BCUT2D eigenvalue weighted by molar-refractivity contribution is -0.117. The maximum absolute atomic E-state index is 12.7. The van der Waals surface area contributed by atoms with Crippen LogP contribution >= 0.6 is 0 Å². The summed E-state index contributed by atoms with van der Waals surface area (Å²) in [4.78, 5) is 12.7. The number of aromatic nitrogens is 3. The number of rotatable bonds is 11. The van der Waals surface area contributed by atoms with E-state index in [9.17, 15) is 4.79 Å². The van der Waals surface area contributed by atoms with E-state index in [1.165, 1.54) is 0 Å². The van der Waals surface area contributed by atoms with Gasteiger partial charge in [0.2, 0.25) is 0 Å². The zero-order chi connectivity index (χ0) is 22.2. The number of ketones is 1. The van der Waals surface area contributed by atoms with Crippen LogP contribution in [0.3, 0.4) is 0 Å².